The third-order valence-corrected chi connectivity index (χ3v) is 4.38. The number of aliphatic hydroxyl groups is 1. The maximum atomic E-state index is 9.24. The Labute approximate surface area is 114 Å². The Morgan fingerprint density at radius 2 is 2.28 bits per heavy atom. The van der Waals surface area contributed by atoms with Crippen LogP contribution in [0.15, 0.2) is 11.4 Å². The van der Waals surface area contributed by atoms with Gasteiger partial charge >= 0.3 is 0 Å². The van der Waals surface area contributed by atoms with Crippen molar-refractivity contribution in [2.75, 3.05) is 18.1 Å². The van der Waals surface area contributed by atoms with Gasteiger partial charge in [-0.2, -0.15) is 4.98 Å². The second-order valence-corrected chi connectivity index (χ2v) is 5.69. The molecule has 0 aliphatic heterocycles. The van der Waals surface area contributed by atoms with E-state index < -0.39 is 0 Å². The number of halogens is 1. The molecular weight excluding hydrogens is 270 g/mol. The number of anilines is 1. The zero-order valence-electron chi connectivity index (χ0n) is 9.84. The fourth-order valence-electron chi connectivity index (χ4n) is 2.30. The van der Waals surface area contributed by atoms with E-state index in [4.69, 9.17) is 11.6 Å². The lowest BCUT2D eigenvalue weighted by Gasteiger charge is -2.38. The van der Waals surface area contributed by atoms with Gasteiger partial charge in [0.05, 0.1) is 12.0 Å². The first-order valence-corrected chi connectivity index (χ1v) is 7.33. The van der Waals surface area contributed by atoms with Crippen LogP contribution in [-0.2, 0) is 0 Å². The molecule has 1 N–H and O–H groups in total. The Morgan fingerprint density at radius 3 is 2.94 bits per heavy atom. The van der Waals surface area contributed by atoms with Gasteiger partial charge in [0.1, 0.15) is 10.6 Å². The number of hydrogen-bond donors (Lipinski definition) is 1. The molecule has 4 nitrogen and oxygen atoms in total. The number of rotatable bonds is 4. The minimum Gasteiger partial charge on any atom is -0.395 e. The van der Waals surface area contributed by atoms with E-state index in [2.05, 4.69) is 14.9 Å². The molecule has 2 heterocycles. The van der Waals surface area contributed by atoms with Crippen LogP contribution in [0.4, 0.5) is 5.82 Å². The lowest BCUT2D eigenvalue weighted by molar-refractivity contribution is 0.283. The Kier molecular flexibility index (Phi) is 3.37. The van der Waals surface area contributed by atoms with E-state index in [0.29, 0.717) is 12.6 Å². The van der Waals surface area contributed by atoms with Gasteiger partial charge in [0.25, 0.3) is 0 Å². The largest absolute Gasteiger partial charge is 0.395 e. The van der Waals surface area contributed by atoms with Crippen molar-refractivity contribution in [3.8, 4) is 0 Å². The van der Waals surface area contributed by atoms with Crippen LogP contribution in [0.1, 0.15) is 19.3 Å². The van der Waals surface area contributed by atoms with Crippen molar-refractivity contribution in [3.05, 3.63) is 16.7 Å². The molecule has 2 aromatic heterocycles. The molecule has 6 heteroatoms. The highest BCUT2D eigenvalue weighted by Gasteiger charge is 2.27. The highest BCUT2D eigenvalue weighted by Crippen LogP contribution is 2.34. The van der Waals surface area contributed by atoms with Crippen molar-refractivity contribution in [1.29, 1.82) is 0 Å². The molecule has 3 rings (SSSR count). The highest BCUT2D eigenvalue weighted by atomic mass is 35.5. The fraction of sp³-hybridized carbons (Fsp3) is 0.500. The summed E-state index contributed by atoms with van der Waals surface area (Å²) in [6.07, 6.45) is 3.57. The molecular formula is C12H14ClN3OS. The summed E-state index contributed by atoms with van der Waals surface area (Å²) >= 11 is 7.55. The van der Waals surface area contributed by atoms with E-state index in [1.54, 1.807) is 11.3 Å². The average Bonchev–Trinajstić information content (AvgIpc) is 2.72. The quantitative estimate of drug-likeness (QED) is 0.877. The second kappa shape index (κ2) is 4.99. The molecule has 1 saturated carbocycles. The maximum Gasteiger partial charge on any atom is 0.225 e. The summed E-state index contributed by atoms with van der Waals surface area (Å²) in [6, 6.07) is 2.50. The number of aliphatic hydroxyl groups excluding tert-OH is 1. The van der Waals surface area contributed by atoms with E-state index in [0.717, 1.165) is 28.9 Å². The molecule has 0 atom stereocenters. The minimum absolute atomic E-state index is 0.129. The summed E-state index contributed by atoms with van der Waals surface area (Å²) in [5.74, 6) is 0.866. The normalized spacial score (nSPS) is 15.9. The molecule has 1 aliphatic rings. The number of fused-ring (bicyclic) bond motifs is 1. The summed E-state index contributed by atoms with van der Waals surface area (Å²) in [5.41, 5.74) is 0. The van der Waals surface area contributed by atoms with Gasteiger partial charge in [-0.3, -0.25) is 0 Å². The first kappa shape index (κ1) is 12.1. The molecule has 0 aromatic carbocycles. The Balaban J connectivity index is 2.06. The van der Waals surface area contributed by atoms with Crippen LogP contribution < -0.4 is 4.90 Å². The molecule has 96 valence electrons. The van der Waals surface area contributed by atoms with Crippen LogP contribution in [0.5, 0.6) is 0 Å². The SMILES string of the molecule is OCCN(c1nc(Cl)nc2sccc12)C1CCC1. The van der Waals surface area contributed by atoms with Gasteiger partial charge < -0.3 is 10.0 Å². The van der Waals surface area contributed by atoms with Crippen LogP contribution in [0.2, 0.25) is 5.28 Å². The number of aromatic nitrogens is 2. The van der Waals surface area contributed by atoms with Gasteiger partial charge in [0.2, 0.25) is 5.28 Å². The number of thiophene rings is 1. The molecule has 2 aromatic rings. The lowest BCUT2D eigenvalue weighted by Crippen LogP contribution is -2.42. The van der Waals surface area contributed by atoms with Crippen LogP contribution in [0, 0.1) is 0 Å². The first-order chi connectivity index (χ1) is 8.79. The third kappa shape index (κ3) is 2.06. The molecule has 0 saturated heterocycles. The molecule has 1 aliphatic carbocycles. The predicted octanol–water partition coefficient (Wildman–Crippen LogP) is 2.70. The summed E-state index contributed by atoms with van der Waals surface area (Å²) in [4.78, 5) is 11.7. The van der Waals surface area contributed by atoms with Gasteiger partial charge in [0.15, 0.2) is 0 Å². The van der Waals surface area contributed by atoms with E-state index in [9.17, 15) is 5.11 Å². The van der Waals surface area contributed by atoms with Crippen molar-refractivity contribution in [2.45, 2.75) is 25.3 Å². The van der Waals surface area contributed by atoms with E-state index >= 15 is 0 Å². The monoisotopic (exact) mass is 283 g/mol. The molecule has 0 unspecified atom stereocenters. The molecule has 0 radical (unpaired) electrons. The van der Waals surface area contributed by atoms with Crippen LogP contribution in [0.25, 0.3) is 10.2 Å². The summed E-state index contributed by atoms with van der Waals surface area (Å²) in [7, 11) is 0. The van der Waals surface area contributed by atoms with Gasteiger partial charge in [-0.25, -0.2) is 4.98 Å². The minimum atomic E-state index is 0.129. The predicted molar refractivity (Wildman–Crippen MR) is 74.5 cm³/mol. The Bertz CT molecular complexity index is 555. The molecule has 1 fully saturated rings. The maximum absolute atomic E-state index is 9.24. The topological polar surface area (TPSA) is 49.2 Å². The van der Waals surface area contributed by atoms with Crippen molar-refractivity contribution < 1.29 is 5.11 Å². The first-order valence-electron chi connectivity index (χ1n) is 6.08. The smallest absolute Gasteiger partial charge is 0.225 e. The zero-order chi connectivity index (χ0) is 12.5. The zero-order valence-corrected chi connectivity index (χ0v) is 11.4. The number of nitrogens with zero attached hydrogens (tertiary/aromatic N) is 3. The molecule has 0 bridgehead atoms. The molecule has 0 spiro atoms. The third-order valence-electron chi connectivity index (χ3n) is 3.41. The van der Waals surface area contributed by atoms with Gasteiger partial charge in [-0.05, 0) is 42.3 Å². The second-order valence-electron chi connectivity index (χ2n) is 4.46. The standard InChI is InChI=1S/C12H14ClN3OS/c13-12-14-10(9-4-7-18-11(9)15-12)16(5-6-17)8-2-1-3-8/h4,7-8,17H,1-3,5-6H2. The van der Waals surface area contributed by atoms with Crippen molar-refractivity contribution in [2.24, 2.45) is 0 Å². The summed E-state index contributed by atoms with van der Waals surface area (Å²) in [6.45, 7) is 0.729. The van der Waals surface area contributed by atoms with Crippen LogP contribution in [0.3, 0.4) is 0 Å². The Morgan fingerprint density at radius 1 is 1.44 bits per heavy atom. The summed E-state index contributed by atoms with van der Waals surface area (Å²) < 4.78 is 0. The van der Waals surface area contributed by atoms with Gasteiger partial charge in [-0.1, -0.05) is 0 Å². The number of hydrogen-bond acceptors (Lipinski definition) is 5. The van der Waals surface area contributed by atoms with E-state index in [-0.39, 0.29) is 11.9 Å². The highest BCUT2D eigenvalue weighted by molar-refractivity contribution is 7.16. The van der Waals surface area contributed by atoms with Crippen molar-refractivity contribution in [1.82, 2.24) is 9.97 Å². The molecule has 0 amide bonds. The lowest BCUT2D eigenvalue weighted by atomic mass is 9.91. The van der Waals surface area contributed by atoms with Crippen molar-refractivity contribution in [3.63, 3.8) is 0 Å². The van der Waals surface area contributed by atoms with Gasteiger partial charge in [0, 0.05) is 12.6 Å². The average molecular weight is 284 g/mol. The van der Waals surface area contributed by atoms with Crippen LogP contribution in [-0.4, -0.2) is 34.3 Å². The summed E-state index contributed by atoms with van der Waals surface area (Å²) in [5, 5.41) is 12.6. The molecule has 18 heavy (non-hydrogen) atoms. The Hall–Kier alpha value is -0.910. The van der Waals surface area contributed by atoms with Crippen molar-refractivity contribution >= 4 is 39.0 Å². The van der Waals surface area contributed by atoms with E-state index in [1.165, 1.54) is 6.42 Å². The fourth-order valence-corrected chi connectivity index (χ4v) is 3.27. The van der Waals surface area contributed by atoms with E-state index in [1.807, 2.05) is 11.4 Å². The van der Waals surface area contributed by atoms with Crippen LogP contribution >= 0.6 is 22.9 Å². The van der Waals surface area contributed by atoms with Gasteiger partial charge in [-0.15, -0.1) is 11.3 Å².